The number of nitrogens with zero attached hydrogens (tertiary/aromatic N) is 1. The van der Waals surface area contributed by atoms with Crippen LogP contribution < -0.4 is 5.73 Å². The molecule has 2 N–H and O–H groups in total. The maximum absolute atomic E-state index is 5.72. The first-order valence-electron chi connectivity index (χ1n) is 5.34. The highest BCUT2D eigenvalue weighted by molar-refractivity contribution is 5.76. The number of aromatic nitrogens is 1. The second kappa shape index (κ2) is 3.52. The lowest BCUT2D eigenvalue weighted by Crippen LogP contribution is -2.01. The van der Waals surface area contributed by atoms with Crippen molar-refractivity contribution in [2.24, 2.45) is 5.73 Å². The van der Waals surface area contributed by atoms with Gasteiger partial charge in [0.1, 0.15) is 5.52 Å². The number of rotatable bonds is 1. The quantitative estimate of drug-likeness (QED) is 0.790. The standard InChI is InChI=1S/C13H12N2O/c14-10-7-5-9(6-8-10)13-15-11-3-1-2-4-12(11)16-13/h1-5,7H,6,8,14H2. The molecule has 1 aromatic heterocycles. The molecule has 0 aliphatic heterocycles. The number of para-hydroxylation sites is 2. The molecule has 1 aliphatic rings. The van der Waals surface area contributed by atoms with Crippen molar-refractivity contribution in [2.45, 2.75) is 12.8 Å². The molecule has 1 aromatic carbocycles. The number of hydrogen-bond donors (Lipinski definition) is 1. The van der Waals surface area contributed by atoms with Crippen LogP contribution in [-0.4, -0.2) is 4.98 Å². The predicted molar refractivity (Wildman–Crippen MR) is 63.5 cm³/mol. The third kappa shape index (κ3) is 1.50. The van der Waals surface area contributed by atoms with Crippen LogP contribution in [0.2, 0.25) is 0 Å². The molecule has 0 unspecified atom stereocenters. The van der Waals surface area contributed by atoms with Crippen molar-refractivity contribution in [1.29, 1.82) is 0 Å². The lowest BCUT2D eigenvalue weighted by molar-refractivity contribution is 0.579. The third-order valence-corrected chi connectivity index (χ3v) is 2.75. The third-order valence-electron chi connectivity index (χ3n) is 2.75. The van der Waals surface area contributed by atoms with E-state index >= 15 is 0 Å². The summed E-state index contributed by atoms with van der Waals surface area (Å²) in [6.07, 6.45) is 5.69. The van der Waals surface area contributed by atoms with Gasteiger partial charge in [-0.25, -0.2) is 4.98 Å². The number of hydrogen-bond acceptors (Lipinski definition) is 3. The molecule has 0 bridgehead atoms. The average Bonchev–Trinajstić information content (AvgIpc) is 2.73. The minimum absolute atomic E-state index is 0.713. The minimum atomic E-state index is 0.713. The number of benzene rings is 1. The molecule has 80 valence electrons. The van der Waals surface area contributed by atoms with Crippen molar-refractivity contribution in [3.8, 4) is 0 Å². The van der Waals surface area contributed by atoms with Gasteiger partial charge < -0.3 is 10.2 Å². The van der Waals surface area contributed by atoms with Gasteiger partial charge in [0, 0.05) is 11.3 Å². The van der Waals surface area contributed by atoms with E-state index in [2.05, 4.69) is 4.98 Å². The SMILES string of the molecule is NC1=CC=C(c2nc3ccccc3o2)CC1. The Kier molecular flexibility index (Phi) is 2.03. The average molecular weight is 212 g/mol. The minimum Gasteiger partial charge on any atom is -0.436 e. The van der Waals surface area contributed by atoms with Crippen LogP contribution in [0, 0.1) is 0 Å². The van der Waals surface area contributed by atoms with Gasteiger partial charge in [0.25, 0.3) is 0 Å². The lowest BCUT2D eigenvalue weighted by atomic mass is 10.0. The van der Waals surface area contributed by atoms with Crippen LogP contribution in [-0.2, 0) is 0 Å². The first-order chi connectivity index (χ1) is 7.83. The molecule has 2 aromatic rings. The molecule has 0 saturated heterocycles. The van der Waals surface area contributed by atoms with Crippen molar-refractivity contribution in [1.82, 2.24) is 4.98 Å². The molecule has 0 atom stereocenters. The Bertz CT molecular complexity index is 560. The maximum atomic E-state index is 5.72. The summed E-state index contributed by atoms with van der Waals surface area (Å²) in [6, 6.07) is 7.79. The Morgan fingerprint density at radius 3 is 2.75 bits per heavy atom. The highest BCUT2D eigenvalue weighted by Gasteiger charge is 2.12. The van der Waals surface area contributed by atoms with Crippen molar-refractivity contribution >= 4 is 16.7 Å². The summed E-state index contributed by atoms with van der Waals surface area (Å²) in [4.78, 5) is 4.46. The molecule has 16 heavy (non-hydrogen) atoms. The Morgan fingerprint density at radius 1 is 1.12 bits per heavy atom. The maximum Gasteiger partial charge on any atom is 0.223 e. The van der Waals surface area contributed by atoms with Crippen LogP contribution in [0.5, 0.6) is 0 Å². The largest absolute Gasteiger partial charge is 0.436 e. The van der Waals surface area contributed by atoms with Crippen molar-refractivity contribution in [3.05, 3.63) is 48.0 Å². The Hall–Kier alpha value is -2.03. The normalized spacial score (nSPS) is 16.0. The summed E-state index contributed by atoms with van der Waals surface area (Å²) in [7, 11) is 0. The second-order valence-electron chi connectivity index (χ2n) is 3.92. The highest BCUT2D eigenvalue weighted by atomic mass is 16.3. The van der Waals surface area contributed by atoms with Crippen LogP contribution in [0.15, 0.2) is 46.5 Å². The van der Waals surface area contributed by atoms with Crippen molar-refractivity contribution < 1.29 is 4.42 Å². The first-order valence-corrected chi connectivity index (χ1v) is 5.34. The summed E-state index contributed by atoms with van der Waals surface area (Å²) in [5.74, 6) is 0.713. The predicted octanol–water partition coefficient (Wildman–Crippen LogP) is 2.85. The molecule has 1 aliphatic carbocycles. The van der Waals surface area contributed by atoms with Crippen LogP contribution >= 0.6 is 0 Å². The zero-order chi connectivity index (χ0) is 11.0. The lowest BCUT2D eigenvalue weighted by Gasteiger charge is -2.07. The number of fused-ring (bicyclic) bond motifs is 1. The van der Waals surface area contributed by atoms with Gasteiger partial charge in [-0.1, -0.05) is 18.2 Å². The molecule has 1 heterocycles. The number of nitrogens with two attached hydrogens (primary N) is 1. The first kappa shape index (κ1) is 9.21. The monoisotopic (exact) mass is 212 g/mol. The molecule has 3 heteroatoms. The van der Waals surface area contributed by atoms with Crippen molar-refractivity contribution in [2.75, 3.05) is 0 Å². The fourth-order valence-electron chi connectivity index (χ4n) is 1.84. The van der Waals surface area contributed by atoms with E-state index in [-0.39, 0.29) is 0 Å². The topological polar surface area (TPSA) is 52.0 Å². The van der Waals surface area contributed by atoms with E-state index in [1.807, 2.05) is 36.4 Å². The Morgan fingerprint density at radius 2 is 2.00 bits per heavy atom. The Balaban J connectivity index is 2.07. The summed E-state index contributed by atoms with van der Waals surface area (Å²) in [6.45, 7) is 0. The van der Waals surface area contributed by atoms with E-state index < -0.39 is 0 Å². The van der Waals surface area contributed by atoms with Gasteiger partial charge in [0.2, 0.25) is 5.89 Å². The van der Waals surface area contributed by atoms with Gasteiger partial charge in [-0.15, -0.1) is 0 Å². The Labute approximate surface area is 93.3 Å². The smallest absolute Gasteiger partial charge is 0.223 e. The molecule has 0 amide bonds. The van der Waals surface area contributed by atoms with Gasteiger partial charge in [-0.2, -0.15) is 0 Å². The summed E-state index contributed by atoms with van der Waals surface area (Å²) in [5.41, 5.74) is 9.49. The van der Waals surface area contributed by atoms with Crippen LogP contribution in [0.25, 0.3) is 16.7 Å². The molecule has 3 nitrogen and oxygen atoms in total. The summed E-state index contributed by atoms with van der Waals surface area (Å²) in [5, 5.41) is 0. The molecule has 0 radical (unpaired) electrons. The van der Waals surface area contributed by atoms with Gasteiger partial charge in [0.15, 0.2) is 5.58 Å². The van der Waals surface area contributed by atoms with Gasteiger partial charge in [-0.05, 0) is 31.1 Å². The fourth-order valence-corrected chi connectivity index (χ4v) is 1.84. The zero-order valence-corrected chi connectivity index (χ0v) is 8.81. The molecular formula is C13H12N2O. The summed E-state index contributed by atoms with van der Waals surface area (Å²) < 4.78 is 5.69. The number of allylic oxidation sites excluding steroid dienone is 4. The van der Waals surface area contributed by atoms with E-state index in [0.29, 0.717) is 5.89 Å². The highest BCUT2D eigenvalue weighted by Crippen LogP contribution is 2.27. The van der Waals surface area contributed by atoms with Gasteiger partial charge in [-0.3, -0.25) is 0 Å². The van der Waals surface area contributed by atoms with E-state index in [0.717, 1.165) is 35.2 Å². The van der Waals surface area contributed by atoms with E-state index in [9.17, 15) is 0 Å². The molecule has 0 fully saturated rings. The van der Waals surface area contributed by atoms with E-state index in [4.69, 9.17) is 10.2 Å². The van der Waals surface area contributed by atoms with E-state index in [1.54, 1.807) is 0 Å². The molecular weight excluding hydrogens is 200 g/mol. The van der Waals surface area contributed by atoms with Gasteiger partial charge >= 0.3 is 0 Å². The molecule has 0 spiro atoms. The van der Waals surface area contributed by atoms with Crippen molar-refractivity contribution in [3.63, 3.8) is 0 Å². The van der Waals surface area contributed by atoms with Crippen LogP contribution in [0.1, 0.15) is 18.7 Å². The van der Waals surface area contributed by atoms with Gasteiger partial charge in [0.05, 0.1) is 0 Å². The molecule has 0 saturated carbocycles. The second-order valence-corrected chi connectivity index (χ2v) is 3.92. The number of oxazole rings is 1. The fraction of sp³-hybridized carbons (Fsp3) is 0.154. The van der Waals surface area contributed by atoms with Crippen LogP contribution in [0.3, 0.4) is 0 Å². The summed E-state index contributed by atoms with van der Waals surface area (Å²) >= 11 is 0. The van der Waals surface area contributed by atoms with E-state index in [1.165, 1.54) is 0 Å². The van der Waals surface area contributed by atoms with Crippen LogP contribution in [0.4, 0.5) is 0 Å². The zero-order valence-electron chi connectivity index (χ0n) is 8.81. The molecule has 3 rings (SSSR count).